The van der Waals surface area contributed by atoms with Crippen LogP contribution in [0.3, 0.4) is 0 Å². The van der Waals surface area contributed by atoms with Gasteiger partial charge in [0.05, 0.1) is 0 Å². The minimum atomic E-state index is -1.32. The van der Waals surface area contributed by atoms with Crippen molar-refractivity contribution in [3.8, 4) is 0 Å². The summed E-state index contributed by atoms with van der Waals surface area (Å²) in [6.45, 7) is 10.9. The van der Waals surface area contributed by atoms with Crippen molar-refractivity contribution in [2.75, 3.05) is 0 Å². The summed E-state index contributed by atoms with van der Waals surface area (Å²) in [5, 5.41) is 9.75. The Morgan fingerprint density at radius 2 is 1.16 bits per heavy atom. The largest absolute Gasteiger partial charge is 2.00 e. The quantitative estimate of drug-likeness (QED) is 0.270. The molecule has 2 aliphatic carbocycles. The summed E-state index contributed by atoms with van der Waals surface area (Å²) >= 11 is 0. The van der Waals surface area contributed by atoms with Crippen molar-refractivity contribution in [1.82, 2.24) is 0 Å². The Hall–Kier alpha value is 0.510. The van der Waals surface area contributed by atoms with Gasteiger partial charge in [-0.25, -0.2) is 5.57 Å². The Bertz CT molecular complexity index is 311. The minimum absolute atomic E-state index is 0. The molecule has 0 aromatic rings. The summed E-state index contributed by atoms with van der Waals surface area (Å²) < 4.78 is 0. The second kappa shape index (κ2) is 17.9. The molecular weight excluding hydrogens is 398 g/mol. The first-order valence-electron chi connectivity index (χ1n) is 8.93. The van der Waals surface area contributed by atoms with Crippen LogP contribution in [0.1, 0.15) is 39.5 Å². The van der Waals surface area contributed by atoms with Gasteiger partial charge in [0.1, 0.15) is 0 Å². The van der Waals surface area contributed by atoms with E-state index in [-0.39, 0.29) is 26.2 Å². The number of unbranched alkanes of at least 4 members (excludes halogenated alkanes) is 1. The van der Waals surface area contributed by atoms with Crippen molar-refractivity contribution < 1.29 is 26.2 Å². The van der Waals surface area contributed by atoms with Gasteiger partial charge in [-0.2, -0.15) is 0 Å². The van der Waals surface area contributed by atoms with Crippen LogP contribution in [0.25, 0.3) is 5.41 Å². The number of allylic oxidation sites excluding steroid dienone is 1. The Morgan fingerprint density at radius 1 is 0.800 bits per heavy atom. The molecule has 2 fully saturated rings. The van der Waals surface area contributed by atoms with Gasteiger partial charge in [-0.1, -0.05) is 52.8 Å². The molecule has 0 spiro atoms. The standard InChI is InChI=1S/C12H23NSi.2C5H5.Zr/c1-6-8-9-11(12(13)7-2)10-14(3,4)5;2*1-2-4-5-3-1;/h6-9H2,1-5H3;2*1-5H;/q-2;;;+2. The van der Waals surface area contributed by atoms with Crippen LogP contribution in [0.2, 0.25) is 19.6 Å². The van der Waals surface area contributed by atoms with Gasteiger partial charge in [0.15, 0.2) is 0 Å². The van der Waals surface area contributed by atoms with Crippen LogP contribution in [-0.4, -0.2) is 13.8 Å². The fourth-order valence-corrected chi connectivity index (χ4v) is 3.11. The number of hydrogen-bond donors (Lipinski definition) is 0. The topological polar surface area (TPSA) is 22.3 Å². The smallest absolute Gasteiger partial charge is 0.908 e. The van der Waals surface area contributed by atoms with Gasteiger partial charge in [-0.15, -0.1) is 6.42 Å². The number of rotatable bonds is 6. The molecule has 3 heteroatoms. The predicted octanol–water partition coefficient (Wildman–Crippen LogP) is 6.24. The van der Waals surface area contributed by atoms with E-state index in [4.69, 9.17) is 0 Å². The van der Waals surface area contributed by atoms with Crippen molar-refractivity contribution >= 4 is 13.8 Å². The van der Waals surface area contributed by atoms with Crippen LogP contribution in [0.4, 0.5) is 0 Å². The van der Waals surface area contributed by atoms with E-state index >= 15 is 0 Å². The second-order valence-electron chi connectivity index (χ2n) is 6.68. The van der Waals surface area contributed by atoms with Gasteiger partial charge in [0, 0.05) is 0 Å². The molecule has 0 atom stereocenters. The van der Waals surface area contributed by atoms with Gasteiger partial charge < -0.3 is 11.1 Å². The van der Waals surface area contributed by atoms with Crippen LogP contribution >= 0.6 is 0 Å². The predicted molar refractivity (Wildman–Crippen MR) is 111 cm³/mol. The monoisotopic (exact) mass is 429 g/mol. The molecule has 10 radical (unpaired) electrons. The summed E-state index contributed by atoms with van der Waals surface area (Å²) in [6, 6.07) is 0. The summed E-state index contributed by atoms with van der Waals surface area (Å²) in [4.78, 5) is 0. The summed E-state index contributed by atoms with van der Waals surface area (Å²) in [5.74, 6) is 0. The van der Waals surface area contributed by atoms with Gasteiger partial charge in [0.2, 0.25) is 0 Å². The van der Waals surface area contributed by atoms with Gasteiger partial charge in [0.25, 0.3) is 0 Å². The number of hydrogen-bond acceptors (Lipinski definition) is 0. The average Bonchev–Trinajstić information content (AvgIpc) is 3.27. The van der Waals surface area contributed by atoms with E-state index < -0.39 is 8.07 Å². The maximum Gasteiger partial charge on any atom is 2.00 e. The molecule has 2 saturated carbocycles. The Balaban J connectivity index is 0. The molecule has 0 unspecified atom stereocenters. The molecule has 25 heavy (non-hydrogen) atoms. The maximum atomic E-state index is 9.75. The molecule has 0 aromatic heterocycles. The van der Waals surface area contributed by atoms with Crippen LogP contribution in [0.15, 0.2) is 5.57 Å². The maximum absolute atomic E-state index is 9.75. The third-order valence-corrected chi connectivity index (χ3v) is 4.15. The molecule has 0 saturated heterocycles. The van der Waals surface area contributed by atoms with Crippen molar-refractivity contribution in [2.24, 2.45) is 0 Å². The minimum Gasteiger partial charge on any atom is -0.908 e. The average molecular weight is 431 g/mol. The van der Waals surface area contributed by atoms with Crippen molar-refractivity contribution in [1.29, 1.82) is 0 Å². The molecule has 0 aromatic carbocycles. The molecule has 1 nitrogen and oxygen atoms in total. The van der Waals surface area contributed by atoms with Gasteiger partial charge in [-0.3, -0.25) is 5.70 Å². The van der Waals surface area contributed by atoms with Crippen LogP contribution in [-0.2, 0) is 26.2 Å². The van der Waals surface area contributed by atoms with Crippen molar-refractivity contribution in [3.05, 3.63) is 80.9 Å². The van der Waals surface area contributed by atoms with E-state index in [1.165, 1.54) is 6.42 Å². The van der Waals surface area contributed by atoms with Crippen LogP contribution < -0.4 is 0 Å². The third-order valence-electron chi connectivity index (χ3n) is 3.10. The SMILES string of the molecule is CCCCC(=[C-][Si](C)(C)C)C(=[N-])CC.[CH]1[CH][CH][CH][CH]1.[CH]1[CH][CH][CH][CH]1.[Zr+2]. The second-order valence-corrected chi connectivity index (χ2v) is 11.4. The molecule has 2 rings (SSSR count). The molecule has 0 amide bonds. The van der Waals surface area contributed by atoms with E-state index in [0.717, 1.165) is 24.8 Å². The first-order valence-corrected chi connectivity index (χ1v) is 12.4. The Morgan fingerprint density at radius 3 is 1.40 bits per heavy atom. The van der Waals surface area contributed by atoms with E-state index in [0.29, 0.717) is 5.71 Å². The zero-order chi connectivity index (χ0) is 18.3. The Kier molecular flexibility index (Phi) is 19.9. The normalized spacial score (nSPS) is 16.9. The van der Waals surface area contributed by atoms with E-state index in [2.05, 4.69) is 32.3 Å². The zero-order valence-electron chi connectivity index (χ0n) is 16.5. The first kappa shape index (κ1) is 27.7. The molecule has 0 aliphatic heterocycles. The fraction of sp³-hybridized carbons (Fsp3) is 0.409. The molecule has 0 bridgehead atoms. The summed E-state index contributed by atoms with van der Waals surface area (Å²) in [6.07, 6.45) is 24.0. The van der Waals surface area contributed by atoms with E-state index in [1.54, 1.807) is 0 Å². The van der Waals surface area contributed by atoms with Gasteiger partial charge in [-0.05, 0) is 72.3 Å². The van der Waals surface area contributed by atoms with Gasteiger partial charge >= 0.3 is 26.2 Å². The Labute approximate surface area is 179 Å². The van der Waals surface area contributed by atoms with Crippen LogP contribution in [0, 0.1) is 69.9 Å². The fourth-order valence-electron chi connectivity index (χ4n) is 1.94. The molecule has 0 heterocycles. The number of nitrogens with zero attached hydrogens (tertiary/aromatic N) is 1. The first-order chi connectivity index (χ1) is 11.4. The molecule has 134 valence electrons. The van der Waals surface area contributed by atoms with E-state index in [1.807, 2.05) is 71.1 Å². The zero-order valence-corrected chi connectivity index (χ0v) is 20.0. The molecule has 2 aliphatic rings. The van der Waals surface area contributed by atoms with Crippen molar-refractivity contribution in [3.63, 3.8) is 0 Å². The summed E-state index contributed by atoms with van der Waals surface area (Å²) in [7, 11) is -1.32. The van der Waals surface area contributed by atoms with E-state index in [9.17, 15) is 5.41 Å². The molecule has 0 N–H and O–H groups in total. The van der Waals surface area contributed by atoms with Crippen LogP contribution in [0.5, 0.6) is 0 Å². The summed E-state index contributed by atoms with van der Waals surface area (Å²) in [5.41, 5.74) is 5.13. The third kappa shape index (κ3) is 19.1. The van der Waals surface area contributed by atoms with Crippen molar-refractivity contribution in [2.45, 2.75) is 59.2 Å². The molecular formula is C22H33NSiZr.